The first-order chi connectivity index (χ1) is 17.1. The van der Waals surface area contributed by atoms with E-state index >= 15 is 8.78 Å². The molecule has 3 aromatic heterocycles. The highest BCUT2D eigenvalue weighted by molar-refractivity contribution is 5.90. The first-order valence-corrected chi connectivity index (χ1v) is 12.1. The van der Waals surface area contributed by atoms with Gasteiger partial charge in [0.25, 0.3) is 0 Å². The van der Waals surface area contributed by atoms with Gasteiger partial charge < -0.3 is 9.64 Å². The van der Waals surface area contributed by atoms with E-state index in [0.717, 1.165) is 42.9 Å². The van der Waals surface area contributed by atoms with Crippen LogP contribution in [0.25, 0.3) is 33.7 Å². The number of aromatic amines is 1. The molecule has 0 radical (unpaired) electrons. The van der Waals surface area contributed by atoms with Crippen LogP contribution in [0.15, 0.2) is 30.6 Å². The van der Waals surface area contributed by atoms with Gasteiger partial charge in [0.15, 0.2) is 5.82 Å². The predicted molar refractivity (Wildman–Crippen MR) is 129 cm³/mol. The van der Waals surface area contributed by atoms with Gasteiger partial charge in [0.2, 0.25) is 0 Å². The zero-order chi connectivity index (χ0) is 23.9. The summed E-state index contributed by atoms with van der Waals surface area (Å²) in [6.45, 7) is 5.07. The molecular formula is C26H26F2N6O. The third-order valence-corrected chi connectivity index (χ3v) is 7.19. The molecular weight excluding hydrogens is 450 g/mol. The fraction of sp³-hybridized carbons (Fsp3) is 0.385. The van der Waals surface area contributed by atoms with E-state index in [9.17, 15) is 0 Å². The summed E-state index contributed by atoms with van der Waals surface area (Å²) in [7, 11) is 0. The summed E-state index contributed by atoms with van der Waals surface area (Å²) < 4.78 is 36.1. The third kappa shape index (κ3) is 3.93. The van der Waals surface area contributed by atoms with E-state index in [2.05, 4.69) is 37.0 Å². The van der Waals surface area contributed by atoms with Gasteiger partial charge in [0, 0.05) is 24.8 Å². The summed E-state index contributed by atoms with van der Waals surface area (Å²) in [5, 5.41) is 7.31. The molecule has 4 heterocycles. The molecule has 0 saturated carbocycles. The maximum Gasteiger partial charge on any atom is 0.165 e. The Balaban J connectivity index is 1.38. The molecule has 1 N–H and O–H groups in total. The van der Waals surface area contributed by atoms with Crippen LogP contribution in [0.4, 0.5) is 14.6 Å². The van der Waals surface area contributed by atoms with Crippen LogP contribution in [0, 0.1) is 17.6 Å². The van der Waals surface area contributed by atoms with Gasteiger partial charge in [-0.3, -0.25) is 5.10 Å². The maximum absolute atomic E-state index is 15.6. The van der Waals surface area contributed by atoms with Crippen LogP contribution in [0.1, 0.15) is 30.9 Å². The Bertz CT molecular complexity index is 1380. The van der Waals surface area contributed by atoms with Crippen LogP contribution in [0.3, 0.4) is 0 Å². The molecule has 7 nitrogen and oxygen atoms in total. The van der Waals surface area contributed by atoms with Crippen LogP contribution in [-0.4, -0.2) is 51.5 Å². The molecule has 1 aliphatic heterocycles. The van der Waals surface area contributed by atoms with E-state index in [-0.39, 0.29) is 11.4 Å². The Morgan fingerprint density at radius 2 is 2.00 bits per heavy atom. The van der Waals surface area contributed by atoms with E-state index in [1.165, 1.54) is 12.3 Å². The van der Waals surface area contributed by atoms with Crippen molar-refractivity contribution in [2.45, 2.75) is 32.6 Å². The largest absolute Gasteiger partial charge is 0.378 e. The lowest BCUT2D eigenvalue weighted by Crippen LogP contribution is -2.36. The summed E-state index contributed by atoms with van der Waals surface area (Å²) in [5.41, 5.74) is 3.59. The Labute approximate surface area is 201 Å². The number of H-pyrrole nitrogens is 1. The Morgan fingerprint density at radius 3 is 2.77 bits per heavy atom. The summed E-state index contributed by atoms with van der Waals surface area (Å²) in [6.07, 6.45) is 6.52. The summed E-state index contributed by atoms with van der Waals surface area (Å²) in [4.78, 5) is 15.6. The number of fused-ring (bicyclic) bond motifs is 2. The van der Waals surface area contributed by atoms with Gasteiger partial charge in [-0.05, 0) is 54.5 Å². The molecule has 1 unspecified atom stereocenters. The van der Waals surface area contributed by atoms with Crippen LogP contribution in [0.5, 0.6) is 0 Å². The van der Waals surface area contributed by atoms with Gasteiger partial charge in [-0.1, -0.05) is 13.3 Å². The van der Waals surface area contributed by atoms with Gasteiger partial charge in [-0.15, -0.1) is 0 Å². The van der Waals surface area contributed by atoms with Crippen molar-refractivity contribution in [3.05, 3.63) is 53.4 Å². The first-order valence-electron chi connectivity index (χ1n) is 12.1. The average Bonchev–Trinajstić information content (AvgIpc) is 3.32. The number of nitrogens with zero attached hydrogens (tertiary/aromatic N) is 5. The SMILES string of the molecule is CCC1CCc2cc(F)c(-c3ncc4[nH]nc(-c5ccc(N6CCOCC6)nc5)c4n3)c(F)c2C1. The minimum Gasteiger partial charge on any atom is -0.378 e. The molecule has 2 aliphatic rings. The highest BCUT2D eigenvalue weighted by atomic mass is 19.1. The van der Waals surface area contributed by atoms with Gasteiger partial charge in [0.05, 0.1) is 25.0 Å². The normalized spacial score (nSPS) is 18.1. The molecule has 1 aliphatic carbocycles. The summed E-state index contributed by atoms with van der Waals surface area (Å²) >= 11 is 0. The Morgan fingerprint density at radius 1 is 1.14 bits per heavy atom. The topological polar surface area (TPSA) is 79.8 Å². The smallest absolute Gasteiger partial charge is 0.165 e. The molecule has 9 heteroatoms. The van der Waals surface area contributed by atoms with E-state index in [0.29, 0.717) is 54.3 Å². The van der Waals surface area contributed by atoms with E-state index < -0.39 is 11.6 Å². The van der Waals surface area contributed by atoms with Crippen molar-refractivity contribution >= 4 is 16.9 Å². The van der Waals surface area contributed by atoms with Crippen molar-refractivity contribution in [3.8, 4) is 22.6 Å². The molecule has 0 bridgehead atoms. The van der Waals surface area contributed by atoms with Gasteiger partial charge in [-0.2, -0.15) is 5.10 Å². The number of morpholine rings is 1. The number of halogens is 2. The van der Waals surface area contributed by atoms with Crippen LogP contribution in [-0.2, 0) is 17.6 Å². The second kappa shape index (κ2) is 8.96. The number of nitrogens with one attached hydrogen (secondary N) is 1. The number of pyridine rings is 1. The van der Waals surface area contributed by atoms with Crippen molar-refractivity contribution in [1.82, 2.24) is 25.1 Å². The number of hydrogen-bond acceptors (Lipinski definition) is 6. The number of anilines is 1. The zero-order valence-corrected chi connectivity index (χ0v) is 19.5. The molecule has 1 saturated heterocycles. The molecule has 4 aromatic rings. The Hall–Kier alpha value is -3.46. The number of hydrogen-bond donors (Lipinski definition) is 1. The summed E-state index contributed by atoms with van der Waals surface area (Å²) in [6, 6.07) is 5.33. The number of rotatable bonds is 4. The number of benzene rings is 1. The van der Waals surface area contributed by atoms with Crippen LogP contribution >= 0.6 is 0 Å². The van der Waals surface area contributed by atoms with Crippen molar-refractivity contribution in [1.29, 1.82) is 0 Å². The maximum atomic E-state index is 15.6. The fourth-order valence-corrected chi connectivity index (χ4v) is 5.10. The average molecular weight is 477 g/mol. The molecule has 35 heavy (non-hydrogen) atoms. The minimum absolute atomic E-state index is 0.0227. The monoisotopic (exact) mass is 476 g/mol. The van der Waals surface area contributed by atoms with Crippen molar-refractivity contribution < 1.29 is 13.5 Å². The standard InChI is InChI=1S/C26H26F2N6O/c1-2-15-3-4-16-12-19(27)22(23(28)18(16)11-15)26-30-14-20-25(31-26)24(33-32-20)17-5-6-21(29-13-17)34-7-9-35-10-8-34/h5-6,12-15H,2-4,7-11H2,1H3,(H,32,33). The second-order valence-corrected chi connectivity index (χ2v) is 9.23. The van der Waals surface area contributed by atoms with Crippen molar-refractivity contribution in [3.63, 3.8) is 0 Å². The molecule has 1 fully saturated rings. The lowest BCUT2D eigenvalue weighted by Gasteiger charge is -2.27. The minimum atomic E-state index is -0.628. The van der Waals surface area contributed by atoms with Gasteiger partial charge in [0.1, 0.15) is 34.2 Å². The molecule has 1 aromatic carbocycles. The third-order valence-electron chi connectivity index (χ3n) is 7.19. The van der Waals surface area contributed by atoms with Crippen molar-refractivity contribution in [2.24, 2.45) is 5.92 Å². The highest BCUT2D eigenvalue weighted by Crippen LogP contribution is 2.36. The number of ether oxygens (including phenoxy) is 1. The predicted octanol–water partition coefficient (Wildman–Crippen LogP) is 4.71. The fourth-order valence-electron chi connectivity index (χ4n) is 5.10. The van der Waals surface area contributed by atoms with Crippen LogP contribution in [0.2, 0.25) is 0 Å². The highest BCUT2D eigenvalue weighted by Gasteiger charge is 2.27. The van der Waals surface area contributed by atoms with E-state index in [1.807, 2.05) is 12.1 Å². The Kier molecular flexibility index (Phi) is 5.64. The van der Waals surface area contributed by atoms with E-state index in [1.54, 1.807) is 6.20 Å². The summed E-state index contributed by atoms with van der Waals surface area (Å²) in [5.74, 6) is 0.133. The first kappa shape index (κ1) is 22.0. The number of aromatic nitrogens is 5. The van der Waals surface area contributed by atoms with E-state index in [4.69, 9.17) is 4.74 Å². The quantitative estimate of drug-likeness (QED) is 0.460. The zero-order valence-electron chi connectivity index (χ0n) is 19.5. The molecule has 180 valence electrons. The lowest BCUT2D eigenvalue weighted by molar-refractivity contribution is 0.122. The second-order valence-electron chi connectivity index (χ2n) is 9.23. The molecule has 0 amide bonds. The van der Waals surface area contributed by atoms with Gasteiger partial charge >= 0.3 is 0 Å². The molecule has 6 rings (SSSR count). The lowest BCUT2D eigenvalue weighted by atomic mass is 9.81. The molecule has 0 spiro atoms. The molecule has 1 atom stereocenters. The van der Waals surface area contributed by atoms with Gasteiger partial charge in [-0.25, -0.2) is 23.7 Å². The van der Waals surface area contributed by atoms with Crippen LogP contribution < -0.4 is 4.90 Å². The van der Waals surface area contributed by atoms with Crippen molar-refractivity contribution in [2.75, 3.05) is 31.2 Å². The number of aryl methyl sites for hydroxylation is 1.